The second-order valence-electron chi connectivity index (χ2n) is 5.43. The van der Waals surface area contributed by atoms with Crippen molar-refractivity contribution in [3.05, 3.63) is 77.9 Å². The second kappa shape index (κ2) is 7.69. The van der Waals surface area contributed by atoms with Gasteiger partial charge in [-0.1, -0.05) is 48.5 Å². The van der Waals surface area contributed by atoms with E-state index in [1.165, 1.54) is 21.8 Å². The Balaban J connectivity index is 0.000000368. The fourth-order valence-corrected chi connectivity index (χ4v) is 2.68. The van der Waals surface area contributed by atoms with Crippen molar-refractivity contribution >= 4 is 16.1 Å². The number of nitrogens with zero attached hydrogens (tertiary/aromatic N) is 1. The van der Waals surface area contributed by atoms with Crippen molar-refractivity contribution in [2.45, 2.75) is 6.04 Å². The highest BCUT2D eigenvalue weighted by Crippen LogP contribution is 2.26. The van der Waals surface area contributed by atoms with E-state index in [0.717, 1.165) is 0 Å². The first-order valence-electron chi connectivity index (χ1n) is 7.34. The summed E-state index contributed by atoms with van der Waals surface area (Å²) in [5, 5.41) is 3.68. The lowest BCUT2D eigenvalue weighted by Crippen LogP contribution is -3.10. The van der Waals surface area contributed by atoms with Crippen molar-refractivity contribution in [3.8, 4) is 0 Å². The van der Waals surface area contributed by atoms with Crippen LogP contribution in [0, 0.1) is 0 Å². The van der Waals surface area contributed by atoms with Crippen LogP contribution in [0.1, 0.15) is 17.2 Å². The molecule has 0 saturated carbocycles. The van der Waals surface area contributed by atoms with Crippen LogP contribution in [0.3, 0.4) is 0 Å². The Morgan fingerprint density at radius 3 is 2.00 bits per heavy atom. The normalized spacial score (nSPS) is 20.9. The quantitative estimate of drug-likeness (QED) is 0.628. The van der Waals surface area contributed by atoms with Crippen LogP contribution in [0.25, 0.3) is 5.70 Å². The van der Waals surface area contributed by atoms with Gasteiger partial charge in [-0.3, -0.25) is 4.55 Å². The average molecular weight is 348 g/mol. The topological polar surface area (TPSA) is 85.1 Å². The molecule has 1 aliphatic rings. The second-order valence-corrected chi connectivity index (χ2v) is 6.28. The predicted octanol–water partition coefficient (Wildman–Crippen LogP) is 1.15. The summed E-state index contributed by atoms with van der Waals surface area (Å²) in [6.07, 6.45) is 2.36. The molecule has 0 radical (unpaired) electrons. The number of benzene rings is 2. The molecule has 1 heterocycles. The number of quaternary nitrogens is 1. The number of nitrogens with one attached hydrogen (secondary N) is 1. The van der Waals surface area contributed by atoms with E-state index < -0.39 is 10.4 Å². The van der Waals surface area contributed by atoms with E-state index in [2.05, 4.69) is 85.8 Å². The molecule has 0 saturated heterocycles. The molecular weight excluding hydrogens is 328 g/mol. The van der Waals surface area contributed by atoms with Gasteiger partial charge in [-0.2, -0.15) is 0 Å². The summed E-state index contributed by atoms with van der Waals surface area (Å²) >= 11 is 0. The molecule has 0 aliphatic carbocycles. The minimum absolute atomic E-state index is 0.344. The van der Waals surface area contributed by atoms with Crippen LogP contribution in [0.15, 0.2) is 66.7 Å². The van der Waals surface area contributed by atoms with Gasteiger partial charge in [0.1, 0.15) is 6.04 Å². The molecule has 0 bridgehead atoms. The van der Waals surface area contributed by atoms with Crippen LogP contribution < -0.4 is 5.01 Å². The molecule has 2 unspecified atom stereocenters. The summed E-state index contributed by atoms with van der Waals surface area (Å²) in [5.74, 6) is 0. The van der Waals surface area contributed by atoms with E-state index in [4.69, 9.17) is 17.5 Å². The molecular formula is C17H20N2O4S. The zero-order valence-electron chi connectivity index (χ0n) is 13.5. The molecule has 1 aliphatic heterocycles. The van der Waals surface area contributed by atoms with E-state index in [1.807, 2.05) is 0 Å². The summed E-state index contributed by atoms with van der Waals surface area (Å²) in [7, 11) is -0.554. The standard InChI is InChI=1S/C17H18N2.H2O4S/c1-18-16(14-9-5-3-6-10-14)13-17(19(18)2)15-11-7-4-8-12-15;1-5(2,3)4/h3-13,16H,1-2H3;(H2,1,2,3,4). The molecule has 0 amide bonds. The third-order valence-electron chi connectivity index (χ3n) is 3.89. The van der Waals surface area contributed by atoms with Crippen LogP contribution in [0.2, 0.25) is 0 Å². The van der Waals surface area contributed by atoms with Crippen molar-refractivity contribution in [1.29, 1.82) is 0 Å². The van der Waals surface area contributed by atoms with Crippen LogP contribution in [0.4, 0.5) is 0 Å². The van der Waals surface area contributed by atoms with E-state index in [-0.39, 0.29) is 0 Å². The molecule has 2 aromatic carbocycles. The molecule has 2 aromatic rings. The first-order chi connectivity index (χ1) is 11.3. The van der Waals surface area contributed by atoms with Crippen LogP contribution >= 0.6 is 0 Å². The van der Waals surface area contributed by atoms with Gasteiger partial charge in [0, 0.05) is 18.7 Å². The molecule has 0 aromatic heterocycles. The van der Waals surface area contributed by atoms with Crippen molar-refractivity contribution < 1.29 is 22.5 Å². The molecule has 0 spiro atoms. The number of hydrogen-bond acceptors (Lipinski definition) is 4. The average Bonchev–Trinajstić information content (AvgIpc) is 2.84. The van der Waals surface area contributed by atoms with E-state index in [0.29, 0.717) is 6.04 Å². The SMILES string of the molecule is CN1C(c2ccccc2)C=C(c2ccccc2)[NH+]1C.O=S(=O)([O-])O. The van der Waals surface area contributed by atoms with Crippen molar-refractivity contribution in [1.82, 2.24) is 5.01 Å². The van der Waals surface area contributed by atoms with Crippen LogP contribution in [-0.4, -0.2) is 36.6 Å². The smallest absolute Gasteiger partial charge is 0.215 e. The van der Waals surface area contributed by atoms with Crippen molar-refractivity contribution in [2.75, 3.05) is 14.1 Å². The molecule has 128 valence electrons. The largest absolute Gasteiger partial charge is 0.726 e. The highest BCUT2D eigenvalue weighted by Gasteiger charge is 2.33. The fraction of sp³-hybridized carbons (Fsp3) is 0.176. The predicted molar refractivity (Wildman–Crippen MR) is 90.6 cm³/mol. The highest BCUT2D eigenvalue weighted by molar-refractivity contribution is 7.79. The van der Waals surface area contributed by atoms with E-state index in [1.54, 1.807) is 0 Å². The molecule has 6 nitrogen and oxygen atoms in total. The Morgan fingerprint density at radius 1 is 1.04 bits per heavy atom. The molecule has 3 rings (SSSR count). The first kappa shape index (κ1) is 18.3. The maximum Gasteiger partial charge on any atom is 0.215 e. The lowest BCUT2D eigenvalue weighted by molar-refractivity contribution is -0.928. The fourth-order valence-electron chi connectivity index (χ4n) is 2.68. The summed E-state index contributed by atoms with van der Waals surface area (Å²) in [6, 6.07) is 21.6. The Morgan fingerprint density at radius 2 is 1.50 bits per heavy atom. The van der Waals surface area contributed by atoms with Crippen molar-refractivity contribution in [3.63, 3.8) is 0 Å². The van der Waals surface area contributed by atoms with Gasteiger partial charge in [-0.25, -0.2) is 13.4 Å². The van der Waals surface area contributed by atoms with E-state index >= 15 is 0 Å². The monoisotopic (exact) mass is 348 g/mol. The molecule has 0 fully saturated rings. The first-order valence-corrected chi connectivity index (χ1v) is 8.71. The Hall–Kier alpha value is -2.03. The molecule has 2 N–H and O–H groups in total. The zero-order valence-corrected chi connectivity index (χ0v) is 14.3. The highest BCUT2D eigenvalue weighted by atomic mass is 32.3. The van der Waals surface area contributed by atoms with Crippen molar-refractivity contribution in [2.24, 2.45) is 0 Å². The maximum absolute atomic E-state index is 8.63. The van der Waals surface area contributed by atoms with Gasteiger partial charge < -0.3 is 4.55 Å². The number of hydrogen-bond donors (Lipinski definition) is 2. The Bertz CT molecular complexity index is 784. The minimum atomic E-state index is -4.92. The molecule has 24 heavy (non-hydrogen) atoms. The third-order valence-corrected chi connectivity index (χ3v) is 3.89. The van der Waals surface area contributed by atoms with Gasteiger partial charge in [-0.05, 0) is 17.7 Å². The third kappa shape index (κ3) is 4.98. The summed E-state index contributed by atoms with van der Waals surface area (Å²) < 4.78 is 32.8. The van der Waals surface area contributed by atoms with Gasteiger partial charge in [-0.15, -0.1) is 5.01 Å². The van der Waals surface area contributed by atoms with Gasteiger partial charge >= 0.3 is 0 Å². The zero-order chi connectivity index (χ0) is 17.7. The Labute approximate surface area is 142 Å². The van der Waals surface area contributed by atoms with Gasteiger partial charge in [0.05, 0.1) is 7.05 Å². The summed E-state index contributed by atoms with van der Waals surface area (Å²) in [5.41, 5.74) is 3.98. The van der Waals surface area contributed by atoms with E-state index in [9.17, 15) is 0 Å². The van der Waals surface area contributed by atoms with Crippen LogP contribution in [0.5, 0.6) is 0 Å². The maximum atomic E-state index is 8.63. The molecule has 2 atom stereocenters. The summed E-state index contributed by atoms with van der Waals surface area (Å²) in [6.45, 7) is 0. The van der Waals surface area contributed by atoms with Crippen LogP contribution in [-0.2, 0) is 10.4 Å². The Kier molecular flexibility index (Phi) is 5.87. The number of rotatable bonds is 2. The molecule has 7 heteroatoms. The van der Waals surface area contributed by atoms with Gasteiger partial charge in [0.2, 0.25) is 10.4 Å². The van der Waals surface area contributed by atoms with Gasteiger partial charge in [0.25, 0.3) is 0 Å². The van der Waals surface area contributed by atoms with Gasteiger partial charge in [0.15, 0.2) is 5.70 Å². The lowest BCUT2D eigenvalue weighted by Gasteiger charge is -2.23. The minimum Gasteiger partial charge on any atom is -0.726 e. The summed E-state index contributed by atoms with van der Waals surface area (Å²) in [4.78, 5) is 0. The number of likely N-dealkylation sites (N-methyl/N-ethyl adjacent to an activating group) is 1. The lowest BCUT2D eigenvalue weighted by atomic mass is 10.1.